The molecule has 0 aliphatic rings. The molecule has 2 heterocycles. The van der Waals surface area contributed by atoms with Crippen molar-refractivity contribution in [2.45, 2.75) is 0 Å². The Morgan fingerprint density at radius 3 is 2.50 bits per heavy atom. The van der Waals surface area contributed by atoms with Crippen LogP contribution in [-0.4, -0.2) is 52.8 Å². The number of hydrogen-bond acceptors (Lipinski definition) is 9. The zero-order valence-corrected chi connectivity index (χ0v) is 17.2. The van der Waals surface area contributed by atoms with Gasteiger partial charge in [0, 0.05) is 33.8 Å². The Morgan fingerprint density at radius 2 is 1.90 bits per heavy atom. The van der Waals surface area contributed by atoms with Crippen LogP contribution >= 0.6 is 11.3 Å². The Kier molecular flexibility index (Phi) is 5.40. The first-order valence-electron chi connectivity index (χ1n) is 8.77. The molecule has 0 fully saturated rings. The van der Waals surface area contributed by atoms with Crippen molar-refractivity contribution < 1.29 is 19.0 Å². The van der Waals surface area contributed by atoms with Gasteiger partial charge in [-0.05, 0) is 34.7 Å². The maximum atomic E-state index is 12.0. The van der Waals surface area contributed by atoms with E-state index in [2.05, 4.69) is 20.5 Å². The maximum absolute atomic E-state index is 12.0. The lowest BCUT2D eigenvalue weighted by atomic mass is 9.95. The molecule has 4 rings (SSSR count). The van der Waals surface area contributed by atoms with Crippen molar-refractivity contribution in [3.05, 3.63) is 47.7 Å². The van der Waals surface area contributed by atoms with Crippen LogP contribution in [-0.2, 0) is 0 Å². The normalized spacial score (nSPS) is 10.6. The van der Waals surface area contributed by atoms with Gasteiger partial charge in [0.2, 0.25) is 5.75 Å². The van der Waals surface area contributed by atoms with Crippen LogP contribution in [0.2, 0.25) is 0 Å². The Labute approximate surface area is 175 Å². The number of thiazole rings is 1. The van der Waals surface area contributed by atoms with Crippen LogP contribution in [0.5, 0.6) is 17.2 Å². The molecule has 0 bridgehead atoms. The van der Waals surface area contributed by atoms with Crippen LogP contribution in [0.3, 0.4) is 0 Å². The summed E-state index contributed by atoms with van der Waals surface area (Å²) >= 11 is 1.51. The van der Waals surface area contributed by atoms with Gasteiger partial charge in [0.15, 0.2) is 17.8 Å². The molecular formula is C20H17N5O4S. The molecule has 0 saturated heterocycles. The van der Waals surface area contributed by atoms with Crippen LogP contribution in [0.1, 0.15) is 10.4 Å². The van der Waals surface area contributed by atoms with E-state index in [1.165, 1.54) is 43.7 Å². The van der Waals surface area contributed by atoms with Crippen molar-refractivity contribution in [2.24, 2.45) is 0 Å². The van der Waals surface area contributed by atoms with Gasteiger partial charge in [0.05, 0.1) is 27.0 Å². The second kappa shape index (κ2) is 8.29. The molecule has 0 N–H and O–H groups in total. The smallest absolute Gasteiger partial charge is 0.203 e. The van der Waals surface area contributed by atoms with Crippen LogP contribution in [0, 0.1) is 0 Å². The second-order valence-corrected chi connectivity index (χ2v) is 6.95. The molecule has 0 spiro atoms. The molecule has 0 aliphatic heterocycles. The van der Waals surface area contributed by atoms with Gasteiger partial charge >= 0.3 is 0 Å². The summed E-state index contributed by atoms with van der Waals surface area (Å²) in [5, 5.41) is 14.2. The summed E-state index contributed by atoms with van der Waals surface area (Å²) in [4.78, 5) is 16.4. The third kappa shape index (κ3) is 3.26. The fourth-order valence-corrected chi connectivity index (χ4v) is 3.89. The van der Waals surface area contributed by atoms with Gasteiger partial charge in [-0.25, -0.2) is 4.98 Å². The number of tetrazole rings is 1. The van der Waals surface area contributed by atoms with E-state index in [1.54, 1.807) is 12.3 Å². The van der Waals surface area contributed by atoms with Crippen LogP contribution < -0.4 is 14.2 Å². The molecule has 0 aliphatic carbocycles. The van der Waals surface area contributed by atoms with Crippen LogP contribution in [0.15, 0.2) is 42.2 Å². The standard InChI is InChI=1S/C20H17N5O4S/c1-27-16-9-13(10-26)17(19(29-3)18(16)28-2)14-8-12(20-21-6-7-30-20)4-5-15(14)25-11-22-23-24-25/h4-11H,1-3H3. The third-order valence-corrected chi connectivity index (χ3v) is 5.35. The molecule has 2 aromatic carbocycles. The minimum atomic E-state index is 0.365. The van der Waals surface area contributed by atoms with E-state index in [1.807, 2.05) is 23.6 Å². The number of aromatic nitrogens is 5. The zero-order chi connectivity index (χ0) is 21.1. The molecule has 9 nitrogen and oxygen atoms in total. The summed E-state index contributed by atoms with van der Waals surface area (Å²) in [6.07, 6.45) is 3.97. The van der Waals surface area contributed by atoms with Gasteiger partial charge in [-0.15, -0.1) is 16.4 Å². The van der Waals surface area contributed by atoms with Crippen LogP contribution in [0.4, 0.5) is 0 Å². The predicted octanol–water partition coefficient (Wildman–Crippen LogP) is 3.29. The highest BCUT2D eigenvalue weighted by Gasteiger charge is 2.25. The van der Waals surface area contributed by atoms with E-state index in [-0.39, 0.29) is 0 Å². The average molecular weight is 423 g/mol. The van der Waals surface area contributed by atoms with Crippen LogP contribution in [0.25, 0.3) is 27.4 Å². The number of aldehydes is 1. The van der Waals surface area contributed by atoms with Gasteiger partial charge in [-0.2, -0.15) is 4.68 Å². The number of ether oxygens (including phenoxy) is 3. The maximum Gasteiger partial charge on any atom is 0.203 e. The number of nitrogens with zero attached hydrogens (tertiary/aromatic N) is 5. The van der Waals surface area contributed by atoms with Crippen molar-refractivity contribution in [2.75, 3.05) is 21.3 Å². The summed E-state index contributed by atoms with van der Waals surface area (Å²) < 4.78 is 18.1. The minimum absolute atomic E-state index is 0.365. The number of carbonyl (C=O) groups excluding carboxylic acids is 1. The Morgan fingerprint density at radius 1 is 1.07 bits per heavy atom. The molecule has 0 atom stereocenters. The zero-order valence-electron chi connectivity index (χ0n) is 16.4. The monoisotopic (exact) mass is 423 g/mol. The first kappa shape index (κ1) is 19.5. The SMILES string of the molecule is COc1cc(C=O)c(-c2cc(-c3nccs3)ccc2-n2cnnn2)c(OC)c1OC. The minimum Gasteiger partial charge on any atom is -0.493 e. The Bertz CT molecular complexity index is 1180. The molecule has 10 heteroatoms. The highest BCUT2D eigenvalue weighted by molar-refractivity contribution is 7.13. The highest BCUT2D eigenvalue weighted by atomic mass is 32.1. The predicted molar refractivity (Wildman–Crippen MR) is 111 cm³/mol. The summed E-state index contributed by atoms with van der Waals surface area (Å²) in [6, 6.07) is 7.33. The molecule has 2 aromatic heterocycles. The van der Waals surface area contributed by atoms with Gasteiger partial charge < -0.3 is 14.2 Å². The summed E-state index contributed by atoms with van der Waals surface area (Å²) in [5.41, 5.74) is 3.12. The number of methoxy groups -OCH3 is 3. The summed E-state index contributed by atoms with van der Waals surface area (Å²) in [5.74, 6) is 1.13. The lowest BCUT2D eigenvalue weighted by molar-refractivity contribution is 0.112. The van der Waals surface area contributed by atoms with Crippen molar-refractivity contribution in [1.82, 2.24) is 25.2 Å². The molecular weight excluding hydrogens is 406 g/mol. The lowest BCUT2D eigenvalue weighted by Gasteiger charge is -2.20. The van der Waals surface area contributed by atoms with Crippen molar-refractivity contribution in [3.8, 4) is 44.6 Å². The highest BCUT2D eigenvalue weighted by Crippen LogP contribution is 2.48. The molecule has 0 unspecified atom stereocenters. The largest absolute Gasteiger partial charge is 0.493 e. The van der Waals surface area contributed by atoms with E-state index < -0.39 is 0 Å². The van der Waals surface area contributed by atoms with Gasteiger partial charge in [0.25, 0.3) is 0 Å². The molecule has 0 saturated carbocycles. The molecule has 4 aromatic rings. The topological polar surface area (TPSA) is 101 Å². The fourth-order valence-electron chi connectivity index (χ4n) is 3.25. The molecule has 152 valence electrons. The molecule has 30 heavy (non-hydrogen) atoms. The number of rotatable bonds is 7. The first-order valence-corrected chi connectivity index (χ1v) is 9.65. The fraction of sp³-hybridized carbons (Fsp3) is 0.150. The molecule has 0 radical (unpaired) electrons. The number of hydrogen-bond donors (Lipinski definition) is 0. The first-order chi connectivity index (χ1) is 14.7. The number of carbonyl (C=O) groups is 1. The van der Waals surface area contributed by atoms with E-state index >= 15 is 0 Å². The van der Waals surface area contributed by atoms with Crippen molar-refractivity contribution >= 4 is 17.6 Å². The van der Waals surface area contributed by atoms with Crippen molar-refractivity contribution in [1.29, 1.82) is 0 Å². The lowest BCUT2D eigenvalue weighted by Crippen LogP contribution is -2.04. The van der Waals surface area contributed by atoms with E-state index in [0.29, 0.717) is 39.6 Å². The summed E-state index contributed by atoms with van der Waals surface area (Å²) in [7, 11) is 4.52. The summed E-state index contributed by atoms with van der Waals surface area (Å²) in [6.45, 7) is 0. The van der Waals surface area contributed by atoms with Crippen molar-refractivity contribution in [3.63, 3.8) is 0 Å². The average Bonchev–Trinajstić information content (AvgIpc) is 3.51. The quantitative estimate of drug-likeness (QED) is 0.417. The van der Waals surface area contributed by atoms with Gasteiger partial charge in [-0.3, -0.25) is 4.79 Å². The number of benzene rings is 2. The Hall–Kier alpha value is -3.79. The van der Waals surface area contributed by atoms with Gasteiger partial charge in [0.1, 0.15) is 11.3 Å². The van der Waals surface area contributed by atoms with E-state index in [9.17, 15) is 4.79 Å². The van der Waals surface area contributed by atoms with Gasteiger partial charge in [-0.1, -0.05) is 0 Å². The Balaban J connectivity index is 2.08. The van der Waals surface area contributed by atoms with E-state index in [0.717, 1.165) is 16.9 Å². The molecule has 0 amide bonds. The third-order valence-electron chi connectivity index (χ3n) is 4.53. The van der Waals surface area contributed by atoms with E-state index in [4.69, 9.17) is 14.2 Å². The second-order valence-electron chi connectivity index (χ2n) is 6.05.